The van der Waals surface area contributed by atoms with Crippen molar-refractivity contribution in [2.45, 2.75) is 44.7 Å². The van der Waals surface area contributed by atoms with Crippen LogP contribution in [0.3, 0.4) is 0 Å². The molecule has 0 amide bonds. The zero-order valence-electron chi connectivity index (χ0n) is 11.6. The Hall–Kier alpha value is -1.61. The summed E-state index contributed by atoms with van der Waals surface area (Å²) in [6, 6.07) is 8.58. The Bertz CT molecular complexity index is 587. The molecule has 2 N–H and O–H groups in total. The number of nitrogens with two attached hydrogens (primary N) is 1. The smallest absolute Gasteiger partial charge is 0.0699 e. The predicted octanol–water partition coefficient (Wildman–Crippen LogP) is 3.00. The van der Waals surface area contributed by atoms with E-state index < -0.39 is 0 Å². The molecule has 0 saturated carbocycles. The second kappa shape index (κ2) is 4.49. The number of rotatable bonds is 2. The number of nitrogens with zero attached hydrogens (tertiary/aromatic N) is 2. The number of fused-ring (bicyclic) bond motifs is 1. The average Bonchev–Trinajstić information content (AvgIpc) is 2.93. The van der Waals surface area contributed by atoms with Crippen LogP contribution < -0.4 is 5.73 Å². The third-order valence-corrected chi connectivity index (χ3v) is 4.42. The SMILES string of the molecule is CCn1cc(C2(N)CCC(C)c3ccccc32)cn1. The number of aromatic nitrogens is 2. The summed E-state index contributed by atoms with van der Waals surface area (Å²) >= 11 is 0. The first-order valence-corrected chi connectivity index (χ1v) is 7.06. The maximum Gasteiger partial charge on any atom is 0.0699 e. The minimum atomic E-state index is -0.378. The molecule has 3 nitrogen and oxygen atoms in total. The van der Waals surface area contributed by atoms with Crippen molar-refractivity contribution in [3.63, 3.8) is 0 Å². The molecule has 0 radical (unpaired) electrons. The Morgan fingerprint density at radius 3 is 2.95 bits per heavy atom. The van der Waals surface area contributed by atoms with Crippen LogP contribution in [0, 0.1) is 0 Å². The van der Waals surface area contributed by atoms with Crippen molar-refractivity contribution in [1.29, 1.82) is 0 Å². The molecule has 0 spiro atoms. The van der Waals surface area contributed by atoms with E-state index in [-0.39, 0.29) is 5.54 Å². The summed E-state index contributed by atoms with van der Waals surface area (Å²) in [5.41, 5.74) is 10.2. The fourth-order valence-corrected chi connectivity index (χ4v) is 3.13. The molecular weight excluding hydrogens is 234 g/mol. The minimum absolute atomic E-state index is 0.378. The quantitative estimate of drug-likeness (QED) is 0.896. The van der Waals surface area contributed by atoms with Crippen LogP contribution in [0.15, 0.2) is 36.7 Å². The molecule has 0 aliphatic heterocycles. The Morgan fingerprint density at radius 2 is 2.21 bits per heavy atom. The van der Waals surface area contributed by atoms with Crippen molar-refractivity contribution >= 4 is 0 Å². The molecule has 1 aromatic carbocycles. The number of benzene rings is 1. The highest BCUT2D eigenvalue weighted by Crippen LogP contribution is 2.43. The summed E-state index contributed by atoms with van der Waals surface area (Å²) in [6.07, 6.45) is 6.13. The normalized spacial score (nSPS) is 26.2. The van der Waals surface area contributed by atoms with Gasteiger partial charge in [-0.3, -0.25) is 4.68 Å². The first-order chi connectivity index (χ1) is 9.15. The standard InChI is InChI=1S/C16H21N3/c1-3-19-11-13(10-18-19)16(17)9-8-12(2)14-6-4-5-7-15(14)16/h4-7,10-12H,3,8-9,17H2,1-2H3. The van der Waals surface area contributed by atoms with Crippen LogP contribution in [0.1, 0.15) is 49.3 Å². The van der Waals surface area contributed by atoms with Crippen molar-refractivity contribution in [3.05, 3.63) is 53.3 Å². The van der Waals surface area contributed by atoms with Gasteiger partial charge in [0.1, 0.15) is 0 Å². The summed E-state index contributed by atoms with van der Waals surface area (Å²) in [4.78, 5) is 0. The van der Waals surface area contributed by atoms with Gasteiger partial charge in [0.05, 0.1) is 11.7 Å². The zero-order valence-corrected chi connectivity index (χ0v) is 11.6. The van der Waals surface area contributed by atoms with Gasteiger partial charge in [0, 0.05) is 18.3 Å². The zero-order chi connectivity index (χ0) is 13.5. The maximum absolute atomic E-state index is 6.77. The lowest BCUT2D eigenvalue weighted by Crippen LogP contribution is -2.41. The number of hydrogen-bond donors (Lipinski definition) is 1. The minimum Gasteiger partial charge on any atom is -0.318 e. The highest BCUT2D eigenvalue weighted by atomic mass is 15.3. The van der Waals surface area contributed by atoms with E-state index in [4.69, 9.17) is 5.73 Å². The summed E-state index contributed by atoms with van der Waals surface area (Å²) in [6.45, 7) is 5.26. The van der Waals surface area contributed by atoms with Crippen molar-refractivity contribution in [1.82, 2.24) is 9.78 Å². The fraction of sp³-hybridized carbons (Fsp3) is 0.438. The van der Waals surface area contributed by atoms with Crippen molar-refractivity contribution < 1.29 is 0 Å². The van der Waals surface area contributed by atoms with E-state index in [9.17, 15) is 0 Å². The van der Waals surface area contributed by atoms with Gasteiger partial charge >= 0.3 is 0 Å². The van der Waals surface area contributed by atoms with Gasteiger partial charge in [-0.1, -0.05) is 31.2 Å². The second-order valence-electron chi connectivity index (χ2n) is 5.58. The van der Waals surface area contributed by atoms with E-state index in [1.807, 2.05) is 10.9 Å². The van der Waals surface area contributed by atoms with E-state index in [0.29, 0.717) is 5.92 Å². The fourth-order valence-electron chi connectivity index (χ4n) is 3.13. The van der Waals surface area contributed by atoms with Gasteiger partial charge in [0.25, 0.3) is 0 Å². The molecule has 2 aromatic rings. The predicted molar refractivity (Wildman–Crippen MR) is 77.0 cm³/mol. The first-order valence-electron chi connectivity index (χ1n) is 7.06. The van der Waals surface area contributed by atoms with E-state index in [1.54, 1.807) is 0 Å². The van der Waals surface area contributed by atoms with Crippen LogP contribution in [-0.2, 0) is 12.1 Å². The monoisotopic (exact) mass is 255 g/mol. The van der Waals surface area contributed by atoms with Gasteiger partial charge in [-0.15, -0.1) is 0 Å². The molecule has 3 heteroatoms. The van der Waals surface area contributed by atoms with Crippen LogP contribution in [0.4, 0.5) is 0 Å². The van der Waals surface area contributed by atoms with Crippen LogP contribution in [0.2, 0.25) is 0 Å². The largest absolute Gasteiger partial charge is 0.318 e. The molecule has 3 rings (SSSR count). The summed E-state index contributed by atoms with van der Waals surface area (Å²) in [5.74, 6) is 0.592. The molecule has 2 atom stereocenters. The molecule has 1 heterocycles. The lowest BCUT2D eigenvalue weighted by atomic mass is 9.70. The highest BCUT2D eigenvalue weighted by molar-refractivity contribution is 5.44. The molecule has 0 fully saturated rings. The van der Waals surface area contributed by atoms with Gasteiger partial charge in [-0.2, -0.15) is 5.10 Å². The Balaban J connectivity index is 2.12. The molecule has 100 valence electrons. The van der Waals surface area contributed by atoms with E-state index in [2.05, 4.69) is 49.4 Å². The van der Waals surface area contributed by atoms with Crippen LogP contribution in [0.5, 0.6) is 0 Å². The topological polar surface area (TPSA) is 43.8 Å². The third-order valence-electron chi connectivity index (χ3n) is 4.42. The summed E-state index contributed by atoms with van der Waals surface area (Å²) < 4.78 is 1.95. The number of aryl methyl sites for hydroxylation is 1. The lowest BCUT2D eigenvalue weighted by molar-refractivity contribution is 0.411. The van der Waals surface area contributed by atoms with E-state index in [0.717, 1.165) is 24.9 Å². The van der Waals surface area contributed by atoms with E-state index in [1.165, 1.54) is 11.1 Å². The van der Waals surface area contributed by atoms with Gasteiger partial charge in [0.15, 0.2) is 0 Å². The molecule has 0 bridgehead atoms. The molecular formula is C16H21N3. The Kier molecular flexibility index (Phi) is 2.94. The first kappa shape index (κ1) is 12.4. The van der Waals surface area contributed by atoms with Crippen molar-refractivity contribution in [2.24, 2.45) is 5.73 Å². The molecule has 0 saturated heterocycles. The summed E-state index contributed by atoms with van der Waals surface area (Å²) in [5, 5.41) is 4.38. The van der Waals surface area contributed by atoms with Gasteiger partial charge in [-0.05, 0) is 36.8 Å². The molecule has 1 aromatic heterocycles. The average molecular weight is 255 g/mol. The Morgan fingerprint density at radius 1 is 1.42 bits per heavy atom. The van der Waals surface area contributed by atoms with E-state index >= 15 is 0 Å². The van der Waals surface area contributed by atoms with Crippen LogP contribution in [0.25, 0.3) is 0 Å². The van der Waals surface area contributed by atoms with Crippen molar-refractivity contribution in [2.75, 3.05) is 0 Å². The molecule has 19 heavy (non-hydrogen) atoms. The third kappa shape index (κ3) is 1.89. The summed E-state index contributed by atoms with van der Waals surface area (Å²) in [7, 11) is 0. The van der Waals surface area contributed by atoms with Gasteiger partial charge < -0.3 is 5.73 Å². The van der Waals surface area contributed by atoms with Crippen LogP contribution in [-0.4, -0.2) is 9.78 Å². The van der Waals surface area contributed by atoms with Crippen molar-refractivity contribution in [3.8, 4) is 0 Å². The van der Waals surface area contributed by atoms with Crippen LogP contribution >= 0.6 is 0 Å². The Labute approximate surface area is 114 Å². The van der Waals surface area contributed by atoms with Gasteiger partial charge in [-0.25, -0.2) is 0 Å². The molecule has 1 aliphatic carbocycles. The van der Waals surface area contributed by atoms with Gasteiger partial charge in [0.2, 0.25) is 0 Å². The maximum atomic E-state index is 6.77. The molecule has 1 aliphatic rings. The second-order valence-corrected chi connectivity index (χ2v) is 5.58. The molecule has 2 unspecified atom stereocenters. The lowest BCUT2D eigenvalue weighted by Gasteiger charge is -2.38. The number of hydrogen-bond acceptors (Lipinski definition) is 2. The highest BCUT2D eigenvalue weighted by Gasteiger charge is 2.37.